The molecule has 0 amide bonds. The minimum atomic E-state index is -0.685. The van der Waals surface area contributed by atoms with Crippen LogP contribution in [0.2, 0.25) is 0 Å². The van der Waals surface area contributed by atoms with Crippen LogP contribution in [0.15, 0.2) is 24.3 Å². The van der Waals surface area contributed by atoms with Crippen LogP contribution in [-0.4, -0.2) is 34.2 Å². The Kier molecular flexibility index (Phi) is 4.62. The molecule has 0 aromatic heterocycles. The van der Waals surface area contributed by atoms with E-state index < -0.39 is 5.60 Å². The molecule has 0 spiro atoms. The van der Waals surface area contributed by atoms with E-state index in [1.807, 2.05) is 31.3 Å². The van der Waals surface area contributed by atoms with Gasteiger partial charge in [-0.25, -0.2) is 0 Å². The van der Waals surface area contributed by atoms with Crippen LogP contribution in [0.5, 0.6) is 0 Å². The van der Waals surface area contributed by atoms with E-state index in [4.69, 9.17) is 18.0 Å². The fourth-order valence-electron chi connectivity index (χ4n) is 1.85. The van der Waals surface area contributed by atoms with E-state index in [1.54, 1.807) is 13.8 Å². The lowest BCUT2D eigenvalue weighted by atomic mass is 10.1. The summed E-state index contributed by atoms with van der Waals surface area (Å²) in [5.41, 5.74) is 6.93. The number of hydrogen-bond donors (Lipinski definition) is 2. The maximum absolute atomic E-state index is 9.73. The first-order valence-electron chi connectivity index (χ1n) is 5.57. The van der Waals surface area contributed by atoms with Crippen molar-refractivity contribution in [3.63, 3.8) is 0 Å². The van der Waals surface area contributed by atoms with Crippen molar-refractivity contribution in [3.8, 4) is 0 Å². The van der Waals surface area contributed by atoms with Gasteiger partial charge in [-0.2, -0.15) is 0 Å². The van der Waals surface area contributed by atoms with Crippen LogP contribution < -0.4 is 5.73 Å². The highest BCUT2D eigenvalue weighted by Crippen LogP contribution is 2.10. The van der Waals surface area contributed by atoms with E-state index in [0.717, 1.165) is 17.7 Å². The molecule has 94 valence electrons. The molecule has 4 heteroatoms. The molecule has 3 nitrogen and oxygen atoms in total. The molecule has 0 heterocycles. The summed E-state index contributed by atoms with van der Waals surface area (Å²) in [6, 6.07) is 7.87. The topological polar surface area (TPSA) is 49.5 Å². The minimum Gasteiger partial charge on any atom is -0.389 e. The Hall–Kier alpha value is -0.970. The van der Waals surface area contributed by atoms with E-state index in [2.05, 4.69) is 4.90 Å². The molecule has 0 aliphatic rings. The predicted molar refractivity (Wildman–Crippen MR) is 75.0 cm³/mol. The molecular formula is C13H20N2OS. The Labute approximate surface area is 108 Å². The first-order chi connectivity index (χ1) is 7.78. The average molecular weight is 252 g/mol. The summed E-state index contributed by atoms with van der Waals surface area (Å²) >= 11 is 4.95. The highest BCUT2D eigenvalue weighted by atomic mass is 32.1. The number of aliphatic hydroxyl groups is 1. The van der Waals surface area contributed by atoms with Gasteiger partial charge in [0.15, 0.2) is 0 Å². The molecule has 0 saturated heterocycles. The van der Waals surface area contributed by atoms with Crippen LogP contribution in [0.4, 0.5) is 0 Å². The fourth-order valence-corrected chi connectivity index (χ4v) is 1.98. The molecule has 0 saturated carbocycles. The summed E-state index contributed by atoms with van der Waals surface area (Å²) in [6.45, 7) is 4.98. The van der Waals surface area contributed by atoms with Gasteiger partial charge in [-0.15, -0.1) is 0 Å². The molecule has 0 bridgehead atoms. The van der Waals surface area contributed by atoms with E-state index in [-0.39, 0.29) is 0 Å². The summed E-state index contributed by atoms with van der Waals surface area (Å²) in [5, 5.41) is 9.73. The smallest absolute Gasteiger partial charge is 0.103 e. The summed E-state index contributed by atoms with van der Waals surface area (Å²) in [4.78, 5) is 2.48. The molecular weight excluding hydrogens is 232 g/mol. The third-order valence-corrected chi connectivity index (χ3v) is 2.56. The maximum atomic E-state index is 9.73. The van der Waals surface area contributed by atoms with Crippen molar-refractivity contribution in [3.05, 3.63) is 35.4 Å². The van der Waals surface area contributed by atoms with E-state index in [1.165, 1.54) is 0 Å². The lowest BCUT2D eigenvalue weighted by molar-refractivity contribution is 0.0425. The number of likely N-dealkylation sites (N-methyl/N-ethyl adjacent to an activating group) is 1. The van der Waals surface area contributed by atoms with Crippen LogP contribution in [0.3, 0.4) is 0 Å². The number of rotatable bonds is 5. The quantitative estimate of drug-likeness (QED) is 0.780. The third-order valence-electron chi connectivity index (χ3n) is 2.32. The second-order valence-corrected chi connectivity index (χ2v) is 5.49. The first kappa shape index (κ1) is 14.1. The van der Waals surface area contributed by atoms with Crippen LogP contribution in [0.25, 0.3) is 0 Å². The molecule has 1 aromatic rings. The largest absolute Gasteiger partial charge is 0.389 e. The Morgan fingerprint density at radius 1 is 1.47 bits per heavy atom. The Morgan fingerprint density at radius 2 is 2.12 bits per heavy atom. The minimum absolute atomic E-state index is 0.414. The van der Waals surface area contributed by atoms with Crippen molar-refractivity contribution < 1.29 is 5.11 Å². The zero-order valence-electron chi connectivity index (χ0n) is 10.6. The monoisotopic (exact) mass is 252 g/mol. The standard InChI is InChI=1S/C13H20N2OS/c1-13(2,16)9-15(3)8-10-5-4-6-11(7-10)12(14)17/h4-7,16H,8-9H2,1-3H3,(H2,14,17). The summed E-state index contributed by atoms with van der Waals surface area (Å²) in [6.07, 6.45) is 0. The van der Waals surface area contributed by atoms with Gasteiger partial charge in [0.1, 0.15) is 4.99 Å². The normalized spacial score (nSPS) is 11.8. The summed E-state index contributed by atoms with van der Waals surface area (Å²) in [5.74, 6) is 0. The number of thiocarbonyl (C=S) groups is 1. The van der Waals surface area contributed by atoms with Crippen molar-refractivity contribution in [2.45, 2.75) is 26.0 Å². The van der Waals surface area contributed by atoms with Gasteiger partial charge >= 0.3 is 0 Å². The SMILES string of the molecule is CN(Cc1cccc(C(N)=S)c1)CC(C)(C)O. The van der Waals surface area contributed by atoms with Gasteiger partial charge in [0.25, 0.3) is 0 Å². The molecule has 17 heavy (non-hydrogen) atoms. The Balaban J connectivity index is 2.68. The van der Waals surface area contributed by atoms with Crippen LogP contribution >= 0.6 is 12.2 Å². The van der Waals surface area contributed by atoms with Crippen LogP contribution in [-0.2, 0) is 6.54 Å². The van der Waals surface area contributed by atoms with Crippen molar-refractivity contribution in [2.75, 3.05) is 13.6 Å². The molecule has 0 atom stereocenters. The van der Waals surface area contributed by atoms with Gasteiger partial charge in [-0.3, -0.25) is 4.90 Å². The van der Waals surface area contributed by atoms with Crippen molar-refractivity contribution in [1.82, 2.24) is 4.90 Å². The highest BCUT2D eigenvalue weighted by Gasteiger charge is 2.15. The number of nitrogens with two attached hydrogens (primary N) is 1. The molecule has 0 aliphatic heterocycles. The van der Waals surface area contributed by atoms with Gasteiger partial charge in [0.2, 0.25) is 0 Å². The molecule has 1 aromatic carbocycles. The molecule has 0 aliphatic carbocycles. The van der Waals surface area contributed by atoms with E-state index >= 15 is 0 Å². The van der Waals surface area contributed by atoms with E-state index in [0.29, 0.717) is 11.5 Å². The lowest BCUT2D eigenvalue weighted by Crippen LogP contribution is -2.35. The second kappa shape index (κ2) is 5.58. The average Bonchev–Trinajstić information content (AvgIpc) is 2.14. The van der Waals surface area contributed by atoms with E-state index in [9.17, 15) is 5.11 Å². The van der Waals surface area contributed by atoms with Crippen molar-refractivity contribution in [2.24, 2.45) is 5.73 Å². The van der Waals surface area contributed by atoms with Gasteiger partial charge in [0.05, 0.1) is 5.60 Å². The van der Waals surface area contributed by atoms with Gasteiger partial charge in [0, 0.05) is 18.7 Å². The summed E-state index contributed by atoms with van der Waals surface area (Å²) in [7, 11) is 1.98. The predicted octanol–water partition coefficient (Wildman–Crippen LogP) is 1.52. The number of benzene rings is 1. The zero-order valence-corrected chi connectivity index (χ0v) is 11.4. The second-order valence-electron chi connectivity index (χ2n) is 5.05. The molecule has 1 rings (SSSR count). The summed E-state index contributed by atoms with van der Waals surface area (Å²) < 4.78 is 0. The van der Waals surface area contributed by atoms with Gasteiger partial charge in [-0.05, 0) is 32.5 Å². The first-order valence-corrected chi connectivity index (χ1v) is 5.98. The Bertz CT molecular complexity index is 399. The van der Waals surface area contributed by atoms with Crippen molar-refractivity contribution >= 4 is 17.2 Å². The molecule has 0 radical (unpaired) electrons. The fraction of sp³-hybridized carbons (Fsp3) is 0.462. The van der Waals surface area contributed by atoms with Gasteiger partial charge in [-0.1, -0.05) is 30.4 Å². The highest BCUT2D eigenvalue weighted by molar-refractivity contribution is 7.80. The molecule has 3 N–H and O–H groups in total. The Morgan fingerprint density at radius 3 is 2.65 bits per heavy atom. The van der Waals surface area contributed by atoms with Gasteiger partial charge < -0.3 is 10.8 Å². The maximum Gasteiger partial charge on any atom is 0.103 e. The third kappa shape index (κ3) is 5.26. The number of nitrogens with zero attached hydrogens (tertiary/aromatic N) is 1. The molecule has 0 fully saturated rings. The lowest BCUT2D eigenvalue weighted by Gasteiger charge is -2.25. The zero-order chi connectivity index (χ0) is 13.1. The number of hydrogen-bond acceptors (Lipinski definition) is 3. The van der Waals surface area contributed by atoms with Crippen LogP contribution in [0.1, 0.15) is 25.0 Å². The van der Waals surface area contributed by atoms with Crippen LogP contribution in [0, 0.1) is 0 Å². The molecule has 0 unspecified atom stereocenters. The van der Waals surface area contributed by atoms with Crippen molar-refractivity contribution in [1.29, 1.82) is 0 Å².